The number of nitrogens with one attached hydrogen (secondary N) is 1. The Morgan fingerprint density at radius 2 is 1.68 bits per heavy atom. The first-order valence-electron chi connectivity index (χ1n) is 5.35. The maximum absolute atomic E-state index is 10.8. The van der Waals surface area contributed by atoms with Crippen molar-refractivity contribution in [3.8, 4) is 0 Å². The van der Waals surface area contributed by atoms with E-state index in [1.807, 2.05) is 5.32 Å². The van der Waals surface area contributed by atoms with Crippen LogP contribution in [0.3, 0.4) is 0 Å². The summed E-state index contributed by atoms with van der Waals surface area (Å²) in [4.78, 5) is 30.2. The summed E-state index contributed by atoms with van der Waals surface area (Å²) in [6.07, 6.45) is 0. The Morgan fingerprint density at radius 3 is 2.04 bits per heavy atom. The number of nitro groups is 2. The third-order valence-electron chi connectivity index (χ3n) is 2.37. The molecule has 0 fully saturated rings. The largest absolute Gasteiger partial charge is 1.00 e. The van der Waals surface area contributed by atoms with Gasteiger partial charge in [0.2, 0.25) is 0 Å². The quantitative estimate of drug-likeness (QED) is 0.198. The van der Waals surface area contributed by atoms with Gasteiger partial charge in [0.1, 0.15) is 5.69 Å². The van der Waals surface area contributed by atoms with E-state index in [2.05, 4.69) is 0 Å². The molecule has 128 valence electrons. The molecule has 0 heterocycles. The average molecular weight is 397 g/mol. The molecule has 0 aliphatic heterocycles. The minimum absolute atomic E-state index is 0. The number of benzene rings is 1. The molecule has 25 heavy (non-hydrogen) atoms. The van der Waals surface area contributed by atoms with Gasteiger partial charge in [-0.05, 0) is 6.07 Å². The van der Waals surface area contributed by atoms with Crippen molar-refractivity contribution in [3.63, 3.8) is 0 Å². The summed E-state index contributed by atoms with van der Waals surface area (Å²) in [6.45, 7) is 0. The van der Waals surface area contributed by atoms with Crippen molar-refractivity contribution in [3.05, 3.63) is 38.4 Å². The average Bonchev–Trinajstić information content (AvgIpc) is 2.36. The van der Waals surface area contributed by atoms with E-state index >= 15 is 0 Å². The standard InChI is InChI=1S/C9H9N3O9S.2Na.H2O/c13-9(14)7(4-22(19,20)21)10-6-2-1-5(11(15)16)3-8(6)12(17)18;;;/h1-3,7,10H,4H2,(H,13,14)(H,19,20,21);;;1H2/q;2*+1;/p-2. The Hall–Kier alpha value is -0.840. The topological polar surface area (TPSA) is 227 Å². The third-order valence-corrected chi connectivity index (χ3v) is 3.12. The van der Waals surface area contributed by atoms with Crippen LogP contribution in [0.1, 0.15) is 0 Å². The number of aliphatic carboxylic acids is 1. The molecule has 16 heteroatoms. The zero-order valence-corrected chi connectivity index (χ0v) is 17.8. The van der Waals surface area contributed by atoms with Crippen molar-refractivity contribution in [2.24, 2.45) is 0 Å². The summed E-state index contributed by atoms with van der Waals surface area (Å²) in [5.41, 5.74) is -1.99. The van der Waals surface area contributed by atoms with E-state index in [9.17, 15) is 43.1 Å². The van der Waals surface area contributed by atoms with Crippen LogP contribution in [0.4, 0.5) is 17.1 Å². The van der Waals surface area contributed by atoms with E-state index in [0.29, 0.717) is 6.07 Å². The third kappa shape index (κ3) is 9.43. The fourth-order valence-corrected chi connectivity index (χ4v) is 2.09. The number of hydrogen-bond donors (Lipinski definition) is 1. The Kier molecular flexibility index (Phi) is 13.6. The van der Waals surface area contributed by atoms with Gasteiger partial charge in [0, 0.05) is 6.07 Å². The summed E-state index contributed by atoms with van der Waals surface area (Å²) < 4.78 is 31.8. The van der Waals surface area contributed by atoms with Gasteiger partial charge in [0.05, 0.1) is 43.8 Å². The Bertz CT molecular complexity index is 741. The molecule has 3 N–H and O–H groups in total. The van der Waals surface area contributed by atoms with Crippen LogP contribution < -0.4 is 69.5 Å². The zero-order chi connectivity index (χ0) is 17.1. The molecular weight excluding hydrogens is 388 g/mol. The van der Waals surface area contributed by atoms with E-state index in [0.717, 1.165) is 12.1 Å². The first kappa shape index (κ1) is 28.9. The predicted octanol–water partition coefficient (Wildman–Crippen LogP) is -8.24. The first-order chi connectivity index (χ1) is 10.0. The molecule has 0 amide bonds. The van der Waals surface area contributed by atoms with E-state index in [4.69, 9.17) is 0 Å². The molecule has 1 aromatic rings. The molecule has 13 nitrogen and oxygen atoms in total. The van der Waals surface area contributed by atoms with Gasteiger partial charge in [-0.1, -0.05) is 0 Å². The van der Waals surface area contributed by atoms with Crippen molar-refractivity contribution in [2.75, 3.05) is 11.1 Å². The number of carboxylic acids is 1. The number of non-ortho nitro benzene ring substituents is 1. The van der Waals surface area contributed by atoms with Gasteiger partial charge >= 0.3 is 59.1 Å². The second kappa shape index (κ2) is 11.7. The van der Waals surface area contributed by atoms with E-state index in [1.54, 1.807) is 0 Å². The minimum atomic E-state index is -4.95. The molecule has 1 unspecified atom stereocenters. The molecule has 0 saturated heterocycles. The fraction of sp³-hybridized carbons (Fsp3) is 0.222. The summed E-state index contributed by atoms with van der Waals surface area (Å²) >= 11 is 0. The Morgan fingerprint density at radius 1 is 1.16 bits per heavy atom. The van der Waals surface area contributed by atoms with Crippen molar-refractivity contribution in [1.82, 2.24) is 0 Å². The normalized spacial score (nSPS) is 10.9. The fourth-order valence-electron chi connectivity index (χ4n) is 1.47. The Balaban J connectivity index is -0.00000161. The number of anilines is 1. The van der Waals surface area contributed by atoms with Gasteiger partial charge in [-0.15, -0.1) is 0 Å². The molecule has 0 saturated carbocycles. The molecule has 1 atom stereocenters. The van der Waals surface area contributed by atoms with Crippen LogP contribution in [0.2, 0.25) is 0 Å². The number of carboxylic acid groups (broad SMARTS) is 1. The molecule has 0 aliphatic rings. The zero-order valence-electron chi connectivity index (χ0n) is 13.0. The van der Waals surface area contributed by atoms with Crippen LogP contribution in [-0.4, -0.2) is 46.1 Å². The number of carbonyl (C=O) groups is 1. The Labute approximate surface area is 184 Å². The number of hydrogen-bond acceptors (Lipinski definition) is 10. The molecule has 0 radical (unpaired) electrons. The van der Waals surface area contributed by atoms with Crippen molar-refractivity contribution in [1.29, 1.82) is 0 Å². The molecule has 0 aromatic heterocycles. The first-order valence-corrected chi connectivity index (χ1v) is 6.93. The van der Waals surface area contributed by atoms with Gasteiger partial charge in [-0.2, -0.15) is 0 Å². The SMILES string of the molecule is O.O=C([O-])C(CS(=O)(=O)[O-])Nc1ccc([N+](=O)[O-])cc1[N+](=O)[O-].[Na+].[Na+]. The molecule has 0 aliphatic carbocycles. The smallest absolute Gasteiger partial charge is 0.748 e. The summed E-state index contributed by atoms with van der Waals surface area (Å²) in [7, 11) is -4.95. The van der Waals surface area contributed by atoms with E-state index in [-0.39, 0.29) is 64.6 Å². The van der Waals surface area contributed by atoms with Crippen molar-refractivity contribution < 1.29 is 97.3 Å². The van der Waals surface area contributed by atoms with Gasteiger partial charge in [0.15, 0.2) is 0 Å². The summed E-state index contributed by atoms with van der Waals surface area (Å²) in [6, 6.07) is 0.167. The van der Waals surface area contributed by atoms with Crippen LogP contribution in [-0.2, 0) is 14.9 Å². The number of carbonyl (C=O) groups excluding carboxylic acids is 1. The maximum atomic E-state index is 10.8. The molecule has 0 bridgehead atoms. The molecule has 1 rings (SSSR count). The van der Waals surface area contributed by atoms with Crippen LogP contribution in [0.25, 0.3) is 0 Å². The van der Waals surface area contributed by atoms with Crippen LogP contribution in [0.15, 0.2) is 18.2 Å². The second-order valence-corrected chi connectivity index (χ2v) is 5.40. The van der Waals surface area contributed by atoms with Gasteiger partial charge < -0.3 is 25.2 Å². The maximum Gasteiger partial charge on any atom is 1.00 e. The minimum Gasteiger partial charge on any atom is -0.748 e. The van der Waals surface area contributed by atoms with Crippen LogP contribution in [0, 0.1) is 20.2 Å². The molecule has 1 aromatic carbocycles. The van der Waals surface area contributed by atoms with Crippen molar-refractivity contribution >= 4 is 33.1 Å². The van der Waals surface area contributed by atoms with E-state index < -0.39 is 54.8 Å². The van der Waals surface area contributed by atoms with Crippen LogP contribution in [0.5, 0.6) is 0 Å². The number of rotatable bonds is 7. The van der Waals surface area contributed by atoms with Crippen molar-refractivity contribution in [2.45, 2.75) is 6.04 Å². The number of nitrogens with zero attached hydrogens (tertiary/aromatic N) is 2. The summed E-state index contributed by atoms with van der Waals surface area (Å²) in [5, 5.41) is 34.1. The monoisotopic (exact) mass is 397 g/mol. The predicted molar refractivity (Wildman–Crippen MR) is 70.3 cm³/mol. The van der Waals surface area contributed by atoms with Crippen LogP contribution >= 0.6 is 0 Å². The van der Waals surface area contributed by atoms with Gasteiger partial charge in [-0.3, -0.25) is 20.2 Å². The number of nitro benzene ring substituents is 2. The molecule has 0 spiro atoms. The van der Waals surface area contributed by atoms with Gasteiger partial charge in [-0.25, -0.2) is 8.42 Å². The van der Waals surface area contributed by atoms with Gasteiger partial charge in [0.25, 0.3) is 11.4 Å². The van der Waals surface area contributed by atoms with E-state index in [1.165, 1.54) is 0 Å². The summed E-state index contributed by atoms with van der Waals surface area (Å²) in [5.74, 6) is -3.39. The molecular formula is C9H9N3Na2O10S. The second-order valence-electron chi connectivity index (χ2n) is 3.96.